The third kappa shape index (κ3) is 8.42. The van der Waals surface area contributed by atoms with Crippen molar-refractivity contribution in [3.8, 4) is 5.75 Å². The summed E-state index contributed by atoms with van der Waals surface area (Å²) in [5.41, 5.74) is 1.19. The molecule has 2 atom stereocenters. The third-order valence-electron chi connectivity index (χ3n) is 5.85. The highest BCUT2D eigenvalue weighted by molar-refractivity contribution is 5.89. The molecule has 0 heterocycles. The van der Waals surface area contributed by atoms with Gasteiger partial charge >= 0.3 is 0 Å². The monoisotopic (exact) mass is 505 g/mol. The standard InChI is InChI=1S/C29H35N3O5/c1-20(30-18-27(35)19-37-28-7-5-4-6-8-28)17-29(36,23-9-13-25(14-10-23)31-21(2)33)24-11-15-26(16-12-24)32-22(3)34/h4-16,20,27,30,35-36H,17-19H2,1-3H3,(H,31,33)(H,32,34)/t20?,27-/m0/s1. The van der Waals surface area contributed by atoms with E-state index in [1.54, 1.807) is 48.5 Å². The zero-order valence-electron chi connectivity index (χ0n) is 21.4. The lowest BCUT2D eigenvalue weighted by molar-refractivity contribution is -0.115. The van der Waals surface area contributed by atoms with Gasteiger partial charge in [-0.3, -0.25) is 9.59 Å². The molecule has 8 nitrogen and oxygen atoms in total. The summed E-state index contributed by atoms with van der Waals surface area (Å²) in [6.45, 7) is 5.24. The lowest BCUT2D eigenvalue weighted by Gasteiger charge is -2.33. The summed E-state index contributed by atoms with van der Waals surface area (Å²) in [7, 11) is 0. The number of aliphatic hydroxyl groups excluding tert-OH is 1. The van der Waals surface area contributed by atoms with Crippen molar-refractivity contribution in [3.05, 3.63) is 90.0 Å². The number of para-hydroxylation sites is 1. The largest absolute Gasteiger partial charge is 0.491 e. The molecule has 0 spiro atoms. The molecular formula is C29H35N3O5. The normalized spacial score (nSPS) is 12.9. The van der Waals surface area contributed by atoms with Gasteiger partial charge in [-0.15, -0.1) is 0 Å². The van der Waals surface area contributed by atoms with Crippen LogP contribution in [0.15, 0.2) is 78.9 Å². The molecule has 0 bridgehead atoms. The number of nitrogens with one attached hydrogen (secondary N) is 3. The van der Waals surface area contributed by atoms with Crippen molar-refractivity contribution >= 4 is 23.2 Å². The van der Waals surface area contributed by atoms with Crippen molar-refractivity contribution in [2.45, 2.75) is 44.9 Å². The number of ether oxygens (including phenoxy) is 1. The Morgan fingerprint density at radius 1 is 0.838 bits per heavy atom. The summed E-state index contributed by atoms with van der Waals surface area (Å²) in [5, 5.41) is 31.1. The van der Waals surface area contributed by atoms with Crippen LogP contribution in [-0.4, -0.2) is 47.3 Å². The van der Waals surface area contributed by atoms with Crippen LogP contribution in [0.3, 0.4) is 0 Å². The summed E-state index contributed by atoms with van der Waals surface area (Å²) in [4.78, 5) is 22.8. The Morgan fingerprint density at radius 3 is 1.78 bits per heavy atom. The Morgan fingerprint density at radius 2 is 1.32 bits per heavy atom. The fourth-order valence-electron chi connectivity index (χ4n) is 4.09. The molecular weight excluding hydrogens is 470 g/mol. The molecule has 0 fully saturated rings. The van der Waals surface area contributed by atoms with E-state index in [1.165, 1.54) is 13.8 Å². The number of carbonyl (C=O) groups excluding carboxylic acids is 2. The van der Waals surface area contributed by atoms with Gasteiger partial charge in [0.1, 0.15) is 24.1 Å². The van der Waals surface area contributed by atoms with Crippen molar-refractivity contribution in [1.29, 1.82) is 0 Å². The van der Waals surface area contributed by atoms with E-state index < -0.39 is 11.7 Å². The van der Waals surface area contributed by atoms with Crippen molar-refractivity contribution in [1.82, 2.24) is 5.32 Å². The number of hydrogen-bond donors (Lipinski definition) is 5. The number of rotatable bonds is 12. The van der Waals surface area contributed by atoms with Crippen LogP contribution >= 0.6 is 0 Å². The second-order valence-corrected chi connectivity index (χ2v) is 9.17. The van der Waals surface area contributed by atoms with E-state index in [4.69, 9.17) is 4.74 Å². The molecule has 0 radical (unpaired) electrons. The first-order valence-corrected chi connectivity index (χ1v) is 12.2. The lowest BCUT2D eigenvalue weighted by atomic mass is 9.81. The van der Waals surface area contributed by atoms with Crippen LogP contribution in [0.1, 0.15) is 38.3 Å². The average molecular weight is 506 g/mol. The molecule has 8 heteroatoms. The van der Waals surface area contributed by atoms with E-state index in [0.717, 1.165) is 0 Å². The molecule has 1 unspecified atom stereocenters. The molecule has 0 saturated carbocycles. The van der Waals surface area contributed by atoms with Gasteiger partial charge in [0.15, 0.2) is 0 Å². The minimum Gasteiger partial charge on any atom is -0.491 e. The SMILES string of the molecule is CC(=O)Nc1ccc(C(O)(CC(C)NC[C@H](O)COc2ccccc2)c2ccc(NC(C)=O)cc2)cc1. The highest BCUT2D eigenvalue weighted by atomic mass is 16.5. The molecule has 3 rings (SSSR count). The quantitative estimate of drug-likeness (QED) is 0.256. The smallest absolute Gasteiger partial charge is 0.221 e. The van der Waals surface area contributed by atoms with E-state index >= 15 is 0 Å². The van der Waals surface area contributed by atoms with E-state index in [9.17, 15) is 19.8 Å². The van der Waals surface area contributed by atoms with Crippen LogP contribution in [-0.2, 0) is 15.2 Å². The Bertz CT molecular complexity index is 1090. The minimum absolute atomic E-state index is 0.142. The van der Waals surface area contributed by atoms with Crippen LogP contribution in [0.4, 0.5) is 11.4 Å². The molecule has 196 valence electrons. The fraction of sp³-hybridized carbons (Fsp3) is 0.310. The van der Waals surface area contributed by atoms with Gasteiger partial charge in [0.25, 0.3) is 0 Å². The molecule has 0 saturated heterocycles. The molecule has 3 aromatic carbocycles. The Hall–Kier alpha value is -3.72. The highest BCUT2D eigenvalue weighted by Crippen LogP contribution is 2.35. The second kappa shape index (κ2) is 13.0. The number of benzene rings is 3. The van der Waals surface area contributed by atoms with Gasteiger partial charge in [-0.2, -0.15) is 0 Å². The van der Waals surface area contributed by atoms with Crippen molar-refractivity contribution in [3.63, 3.8) is 0 Å². The zero-order valence-corrected chi connectivity index (χ0v) is 21.4. The molecule has 37 heavy (non-hydrogen) atoms. The predicted octanol–water partition coefficient (Wildman–Crippen LogP) is 3.65. The van der Waals surface area contributed by atoms with Crippen molar-refractivity contribution < 1.29 is 24.5 Å². The summed E-state index contributed by atoms with van der Waals surface area (Å²) in [6.07, 6.45) is -0.428. The van der Waals surface area contributed by atoms with Gasteiger partial charge in [-0.25, -0.2) is 0 Å². The number of carbonyl (C=O) groups is 2. The van der Waals surface area contributed by atoms with Gasteiger partial charge < -0.3 is 30.9 Å². The Kier molecular flexibility index (Phi) is 9.79. The van der Waals surface area contributed by atoms with E-state index in [-0.39, 0.29) is 31.0 Å². The lowest BCUT2D eigenvalue weighted by Crippen LogP contribution is -2.41. The predicted molar refractivity (Wildman–Crippen MR) is 145 cm³/mol. The minimum atomic E-state index is -1.37. The number of amides is 2. The Balaban J connectivity index is 1.73. The summed E-state index contributed by atoms with van der Waals surface area (Å²) >= 11 is 0. The van der Waals surface area contributed by atoms with Gasteiger partial charge in [0.2, 0.25) is 11.8 Å². The molecule has 3 aromatic rings. The van der Waals surface area contributed by atoms with Crippen LogP contribution in [0.2, 0.25) is 0 Å². The molecule has 0 aliphatic rings. The highest BCUT2D eigenvalue weighted by Gasteiger charge is 2.33. The van der Waals surface area contributed by atoms with Crippen molar-refractivity contribution in [2.75, 3.05) is 23.8 Å². The van der Waals surface area contributed by atoms with Crippen LogP contribution in [0.25, 0.3) is 0 Å². The van der Waals surface area contributed by atoms with Crippen LogP contribution in [0, 0.1) is 0 Å². The second-order valence-electron chi connectivity index (χ2n) is 9.17. The number of hydrogen-bond acceptors (Lipinski definition) is 6. The molecule has 0 aliphatic heterocycles. The van der Waals surface area contributed by atoms with E-state index in [1.807, 2.05) is 37.3 Å². The summed E-state index contributed by atoms with van der Waals surface area (Å²) in [5.74, 6) is 0.336. The van der Waals surface area contributed by atoms with Crippen LogP contribution in [0.5, 0.6) is 5.75 Å². The third-order valence-corrected chi connectivity index (χ3v) is 5.85. The van der Waals surface area contributed by atoms with Gasteiger partial charge in [0.05, 0.1) is 0 Å². The molecule has 0 aliphatic carbocycles. The maximum Gasteiger partial charge on any atom is 0.221 e. The van der Waals surface area contributed by atoms with Gasteiger partial charge in [0, 0.05) is 37.8 Å². The maximum atomic E-state index is 12.0. The topological polar surface area (TPSA) is 120 Å². The Labute approximate surface area is 217 Å². The van der Waals surface area contributed by atoms with Crippen molar-refractivity contribution in [2.24, 2.45) is 0 Å². The van der Waals surface area contributed by atoms with E-state index in [2.05, 4.69) is 16.0 Å². The first kappa shape index (κ1) is 27.9. The summed E-state index contributed by atoms with van der Waals surface area (Å²) in [6, 6.07) is 23.2. The fourth-order valence-corrected chi connectivity index (χ4v) is 4.09. The number of aliphatic hydroxyl groups is 2. The molecule has 5 N–H and O–H groups in total. The van der Waals surface area contributed by atoms with Crippen LogP contribution < -0.4 is 20.7 Å². The average Bonchev–Trinajstić information content (AvgIpc) is 2.87. The first-order chi connectivity index (χ1) is 17.7. The van der Waals surface area contributed by atoms with Gasteiger partial charge in [-0.1, -0.05) is 42.5 Å². The first-order valence-electron chi connectivity index (χ1n) is 12.2. The maximum absolute atomic E-state index is 12.0. The number of anilines is 2. The van der Waals surface area contributed by atoms with E-state index in [0.29, 0.717) is 34.7 Å². The summed E-state index contributed by atoms with van der Waals surface area (Å²) < 4.78 is 5.62. The zero-order chi connectivity index (χ0) is 26.8. The molecule has 2 amide bonds. The van der Waals surface area contributed by atoms with Gasteiger partial charge in [-0.05, 0) is 60.9 Å². The molecule has 0 aromatic heterocycles.